The van der Waals surface area contributed by atoms with Crippen LogP contribution in [0.1, 0.15) is 23.7 Å². The van der Waals surface area contributed by atoms with Crippen LogP contribution < -0.4 is 9.64 Å². The third-order valence-corrected chi connectivity index (χ3v) is 5.29. The van der Waals surface area contributed by atoms with Crippen molar-refractivity contribution in [2.75, 3.05) is 12.0 Å². The monoisotopic (exact) mass is 414 g/mol. The van der Waals surface area contributed by atoms with Crippen molar-refractivity contribution in [3.8, 4) is 5.75 Å². The van der Waals surface area contributed by atoms with Gasteiger partial charge in [-0.25, -0.2) is 0 Å². The third-order valence-electron chi connectivity index (χ3n) is 5.29. The minimum absolute atomic E-state index is 0.0717. The van der Waals surface area contributed by atoms with E-state index < -0.39 is 17.7 Å². The van der Waals surface area contributed by atoms with Crippen molar-refractivity contribution < 1.29 is 19.4 Å². The molecule has 3 aromatic rings. The smallest absolute Gasteiger partial charge is 0.294 e. The number of benzene rings is 2. The highest BCUT2D eigenvalue weighted by Gasteiger charge is 2.44. The number of hydrogen-bond acceptors (Lipinski definition) is 5. The van der Waals surface area contributed by atoms with Crippen molar-refractivity contribution in [3.05, 3.63) is 102 Å². The van der Waals surface area contributed by atoms with E-state index in [1.807, 2.05) is 30.3 Å². The first-order valence-electron chi connectivity index (χ1n) is 9.99. The summed E-state index contributed by atoms with van der Waals surface area (Å²) in [6, 6.07) is 21.1. The number of hydrogen-bond donors (Lipinski definition) is 1. The van der Waals surface area contributed by atoms with Crippen molar-refractivity contribution in [1.82, 2.24) is 4.98 Å². The average molecular weight is 414 g/mol. The van der Waals surface area contributed by atoms with E-state index in [9.17, 15) is 14.7 Å². The van der Waals surface area contributed by atoms with Crippen LogP contribution in [0.4, 0.5) is 5.69 Å². The van der Waals surface area contributed by atoms with Gasteiger partial charge < -0.3 is 9.84 Å². The quantitative estimate of drug-likeness (QED) is 0.627. The normalized spacial score (nSPS) is 16.0. The molecule has 1 unspecified atom stereocenters. The predicted octanol–water partition coefficient (Wildman–Crippen LogP) is 4.19. The molecule has 0 spiro atoms. The van der Waals surface area contributed by atoms with Gasteiger partial charge in [0.05, 0.1) is 18.4 Å². The molecule has 1 N–H and O–H groups in total. The van der Waals surface area contributed by atoms with Crippen LogP contribution in [0.15, 0.2) is 90.3 Å². The fourth-order valence-corrected chi connectivity index (χ4v) is 3.77. The summed E-state index contributed by atoms with van der Waals surface area (Å²) in [4.78, 5) is 32.1. The number of rotatable bonds is 7. The maximum Gasteiger partial charge on any atom is 0.294 e. The molecule has 0 saturated carbocycles. The number of aromatic nitrogens is 1. The van der Waals surface area contributed by atoms with Crippen molar-refractivity contribution >= 4 is 17.4 Å². The van der Waals surface area contributed by atoms with Crippen LogP contribution in [-0.2, 0) is 16.0 Å². The van der Waals surface area contributed by atoms with Gasteiger partial charge in [-0.1, -0.05) is 42.5 Å². The molecular weight excluding hydrogens is 392 g/mol. The lowest BCUT2D eigenvalue weighted by atomic mass is 9.95. The highest BCUT2D eigenvalue weighted by atomic mass is 16.5. The van der Waals surface area contributed by atoms with Crippen LogP contribution >= 0.6 is 0 Å². The predicted molar refractivity (Wildman–Crippen MR) is 117 cm³/mol. The van der Waals surface area contributed by atoms with Crippen LogP contribution in [0.2, 0.25) is 0 Å². The topological polar surface area (TPSA) is 79.7 Å². The second-order valence-corrected chi connectivity index (χ2v) is 7.20. The van der Waals surface area contributed by atoms with Gasteiger partial charge in [0.2, 0.25) is 0 Å². The summed E-state index contributed by atoms with van der Waals surface area (Å²) in [6.07, 6.45) is 2.29. The number of ether oxygens (including phenoxy) is 1. The Balaban J connectivity index is 1.72. The zero-order valence-electron chi connectivity index (χ0n) is 17.1. The molecule has 0 bridgehead atoms. The first-order chi connectivity index (χ1) is 15.1. The summed E-state index contributed by atoms with van der Waals surface area (Å²) in [5.41, 5.74) is 2.10. The van der Waals surface area contributed by atoms with Gasteiger partial charge in [0.15, 0.2) is 11.5 Å². The maximum atomic E-state index is 13.2. The van der Waals surface area contributed by atoms with Crippen LogP contribution in [0, 0.1) is 0 Å². The number of anilines is 1. The molecule has 6 nitrogen and oxygen atoms in total. The van der Waals surface area contributed by atoms with Crippen LogP contribution in [-0.4, -0.2) is 28.9 Å². The maximum absolute atomic E-state index is 13.2. The Morgan fingerprint density at radius 1 is 1.06 bits per heavy atom. The molecule has 4 rings (SSSR count). The molecule has 0 saturated heterocycles. The molecule has 1 atom stereocenters. The second-order valence-electron chi connectivity index (χ2n) is 7.20. The first-order valence-corrected chi connectivity index (χ1v) is 9.99. The van der Waals surface area contributed by atoms with Gasteiger partial charge >= 0.3 is 0 Å². The van der Waals surface area contributed by atoms with Gasteiger partial charge in [-0.3, -0.25) is 19.5 Å². The Hall–Kier alpha value is -3.93. The van der Waals surface area contributed by atoms with Gasteiger partial charge in [0.25, 0.3) is 5.91 Å². The zero-order valence-corrected chi connectivity index (χ0v) is 17.1. The Morgan fingerprint density at radius 2 is 1.84 bits per heavy atom. The number of pyridine rings is 1. The van der Waals surface area contributed by atoms with E-state index in [-0.39, 0.29) is 17.8 Å². The molecule has 156 valence electrons. The lowest BCUT2D eigenvalue weighted by Crippen LogP contribution is -2.31. The van der Waals surface area contributed by atoms with Gasteiger partial charge in [-0.15, -0.1) is 0 Å². The molecule has 0 fully saturated rings. The Labute approximate surface area is 180 Å². The Kier molecular flexibility index (Phi) is 5.80. The molecule has 1 amide bonds. The minimum Gasteiger partial charge on any atom is -0.503 e. The fourth-order valence-electron chi connectivity index (χ4n) is 3.77. The summed E-state index contributed by atoms with van der Waals surface area (Å²) >= 11 is 0. The number of aryl methyl sites for hydroxylation is 1. The Morgan fingerprint density at radius 3 is 2.55 bits per heavy atom. The standard InChI is InChI=1S/C25H22N2O4/c1-31-19-11-7-10-18(16-19)27-23(20-12-5-6-15-26-20)22(24(29)25(27)30)21(28)14-13-17-8-3-2-4-9-17/h2-12,15-16,23,29H,13-14H2,1H3. The lowest BCUT2D eigenvalue weighted by molar-refractivity contribution is -0.118. The molecule has 2 aromatic carbocycles. The molecule has 0 radical (unpaired) electrons. The third kappa shape index (κ3) is 4.05. The van der Waals surface area contributed by atoms with Gasteiger partial charge in [0, 0.05) is 24.4 Å². The number of carbonyl (C=O) groups is 2. The van der Waals surface area contributed by atoms with Crippen LogP contribution in [0.3, 0.4) is 0 Å². The van der Waals surface area contributed by atoms with E-state index in [0.29, 0.717) is 23.6 Å². The molecule has 6 heteroatoms. The van der Waals surface area contributed by atoms with Crippen molar-refractivity contribution in [3.63, 3.8) is 0 Å². The number of carbonyl (C=O) groups excluding carboxylic acids is 2. The average Bonchev–Trinajstić information content (AvgIpc) is 3.09. The fraction of sp³-hybridized carbons (Fsp3) is 0.160. The van der Waals surface area contributed by atoms with Gasteiger partial charge in [0.1, 0.15) is 11.8 Å². The number of amides is 1. The molecule has 1 aliphatic rings. The Bertz CT molecular complexity index is 1130. The molecular formula is C25H22N2O4. The number of aliphatic hydroxyl groups excluding tert-OH is 1. The number of methoxy groups -OCH3 is 1. The highest BCUT2D eigenvalue weighted by molar-refractivity contribution is 6.16. The summed E-state index contributed by atoms with van der Waals surface area (Å²) < 4.78 is 5.28. The summed E-state index contributed by atoms with van der Waals surface area (Å²) in [7, 11) is 1.54. The molecule has 2 heterocycles. The van der Waals surface area contributed by atoms with Crippen LogP contribution in [0.25, 0.3) is 0 Å². The molecule has 0 aliphatic carbocycles. The van der Waals surface area contributed by atoms with E-state index in [4.69, 9.17) is 4.74 Å². The SMILES string of the molecule is COc1cccc(N2C(=O)C(O)=C(C(=O)CCc3ccccc3)C2c2ccccn2)c1. The van der Waals surface area contributed by atoms with E-state index in [1.54, 1.807) is 48.7 Å². The van der Waals surface area contributed by atoms with E-state index >= 15 is 0 Å². The highest BCUT2D eigenvalue weighted by Crippen LogP contribution is 2.41. The van der Waals surface area contributed by atoms with E-state index in [2.05, 4.69) is 4.98 Å². The second kappa shape index (κ2) is 8.83. The molecule has 1 aliphatic heterocycles. The number of nitrogens with zero attached hydrogens (tertiary/aromatic N) is 2. The lowest BCUT2D eigenvalue weighted by Gasteiger charge is -2.26. The number of aliphatic hydroxyl groups is 1. The van der Waals surface area contributed by atoms with E-state index in [1.165, 1.54) is 12.0 Å². The van der Waals surface area contributed by atoms with Crippen molar-refractivity contribution in [2.24, 2.45) is 0 Å². The van der Waals surface area contributed by atoms with E-state index in [0.717, 1.165) is 5.56 Å². The van der Waals surface area contributed by atoms with Crippen molar-refractivity contribution in [1.29, 1.82) is 0 Å². The number of Topliss-reactive ketones (excluding diaryl/α,β-unsaturated/α-hetero) is 1. The van der Waals surface area contributed by atoms with Gasteiger partial charge in [-0.05, 0) is 36.2 Å². The van der Waals surface area contributed by atoms with Crippen molar-refractivity contribution in [2.45, 2.75) is 18.9 Å². The van der Waals surface area contributed by atoms with Crippen LogP contribution in [0.5, 0.6) is 5.75 Å². The summed E-state index contributed by atoms with van der Waals surface area (Å²) in [5.74, 6) is -0.882. The molecule has 31 heavy (non-hydrogen) atoms. The number of ketones is 1. The largest absolute Gasteiger partial charge is 0.503 e. The summed E-state index contributed by atoms with van der Waals surface area (Å²) in [5, 5.41) is 10.7. The summed E-state index contributed by atoms with van der Waals surface area (Å²) in [6.45, 7) is 0. The minimum atomic E-state index is -0.816. The first kappa shape index (κ1) is 20.3. The zero-order chi connectivity index (χ0) is 21.8. The molecule has 1 aromatic heterocycles. The van der Waals surface area contributed by atoms with Gasteiger partial charge in [-0.2, -0.15) is 0 Å².